The zero-order valence-corrected chi connectivity index (χ0v) is 25.4. The fourth-order valence-corrected chi connectivity index (χ4v) is 11.8. The molecule has 0 unspecified atom stereocenters. The predicted molar refractivity (Wildman–Crippen MR) is 185 cm³/mol. The first-order valence-corrected chi connectivity index (χ1v) is 17.9. The fraction of sp³-hybridized carbons (Fsp3) is 0.100. The van der Waals surface area contributed by atoms with E-state index < -0.39 is 15.8 Å². The van der Waals surface area contributed by atoms with E-state index >= 15 is 0 Å². The van der Waals surface area contributed by atoms with Gasteiger partial charge in [-0.05, 0) is 83.5 Å². The van der Waals surface area contributed by atoms with Gasteiger partial charge in [-0.1, -0.05) is 170 Å². The summed E-state index contributed by atoms with van der Waals surface area (Å²) in [4.78, 5) is 0. The van der Waals surface area contributed by atoms with Crippen LogP contribution < -0.4 is 21.2 Å². The highest BCUT2D eigenvalue weighted by Gasteiger charge is 2.37. The Hall–Kier alpha value is -3.82. The van der Waals surface area contributed by atoms with E-state index in [2.05, 4.69) is 170 Å². The molecule has 0 amide bonds. The Morgan fingerprint density at radius 1 is 0.310 bits per heavy atom. The van der Waals surface area contributed by atoms with Gasteiger partial charge < -0.3 is 0 Å². The smallest absolute Gasteiger partial charge is 0.00378 e. The van der Waals surface area contributed by atoms with Crippen LogP contribution in [0.5, 0.6) is 0 Å². The van der Waals surface area contributed by atoms with Gasteiger partial charge in [0.1, 0.15) is 0 Å². The van der Waals surface area contributed by atoms with Gasteiger partial charge in [-0.25, -0.2) is 0 Å². The van der Waals surface area contributed by atoms with Crippen LogP contribution in [0.1, 0.15) is 23.0 Å². The molecule has 1 aliphatic rings. The molecule has 0 aliphatic heterocycles. The molecule has 0 heterocycles. The summed E-state index contributed by atoms with van der Waals surface area (Å²) < 4.78 is 0. The van der Waals surface area contributed by atoms with Gasteiger partial charge in [0, 0.05) is 0 Å². The van der Waals surface area contributed by atoms with E-state index in [0.29, 0.717) is 11.8 Å². The van der Waals surface area contributed by atoms with E-state index in [0.717, 1.165) is 12.3 Å². The van der Waals surface area contributed by atoms with Gasteiger partial charge in [-0.3, -0.25) is 0 Å². The van der Waals surface area contributed by atoms with Gasteiger partial charge in [-0.2, -0.15) is 0 Å². The maximum absolute atomic E-state index is 2.42. The minimum atomic E-state index is -0.540. The van der Waals surface area contributed by atoms with E-state index in [1.54, 1.807) is 0 Å². The summed E-state index contributed by atoms with van der Waals surface area (Å²) in [5.74, 6) is 0.833. The second-order valence-electron chi connectivity index (χ2n) is 11.0. The molecule has 0 nitrogen and oxygen atoms in total. The molecular weight excluding hydrogens is 542 g/mol. The normalized spacial score (nSPS) is 15.8. The van der Waals surface area contributed by atoms with Crippen molar-refractivity contribution in [2.75, 3.05) is 12.3 Å². The number of hydrogen-bond donors (Lipinski definition) is 0. The highest BCUT2D eigenvalue weighted by Crippen LogP contribution is 2.55. The summed E-state index contributed by atoms with van der Waals surface area (Å²) >= 11 is 0. The Morgan fingerprint density at radius 2 is 0.571 bits per heavy atom. The number of hydrogen-bond acceptors (Lipinski definition) is 0. The van der Waals surface area contributed by atoms with Crippen LogP contribution in [-0.4, -0.2) is 12.3 Å². The van der Waals surface area contributed by atoms with Gasteiger partial charge in [0.05, 0.1) is 0 Å². The van der Waals surface area contributed by atoms with Gasteiger partial charge in [0.25, 0.3) is 0 Å². The molecule has 42 heavy (non-hydrogen) atoms. The molecule has 0 saturated heterocycles. The zero-order valence-electron chi connectivity index (χ0n) is 23.6. The third kappa shape index (κ3) is 5.51. The predicted octanol–water partition coefficient (Wildman–Crippen LogP) is 8.80. The van der Waals surface area contributed by atoms with Gasteiger partial charge in [-0.15, -0.1) is 0 Å². The van der Waals surface area contributed by atoms with Crippen LogP contribution in [0, 0.1) is 0 Å². The number of benzene rings is 6. The van der Waals surface area contributed by atoms with Crippen molar-refractivity contribution in [3.05, 3.63) is 181 Å². The first-order valence-electron chi connectivity index (χ1n) is 14.8. The maximum Gasteiger partial charge on any atom is -0.00378 e. The SMILES string of the molecule is c1ccc(P(C[C@@H]2c3ccccc3-c3ccccc3[C@H]2CP(c2ccccc2)c2ccccc2)c2ccccc2)cc1. The summed E-state index contributed by atoms with van der Waals surface area (Å²) in [6.45, 7) is 0. The standard InChI is InChI=1S/C40H34P2/c1-5-17-31(18-6-1)41(32-19-7-2-8-20-32)29-39-37-27-15-13-25-35(37)36-26-14-16-28-38(36)40(39)30-42(33-21-9-3-10-22-33)34-23-11-4-12-24-34/h1-28,39-40H,29-30H2/t39-,40-/m1/s1. The topological polar surface area (TPSA) is 0 Å². The summed E-state index contributed by atoms with van der Waals surface area (Å²) in [5.41, 5.74) is 5.84. The molecule has 0 spiro atoms. The van der Waals surface area contributed by atoms with E-state index in [1.807, 2.05) is 0 Å². The van der Waals surface area contributed by atoms with Crippen LogP contribution in [0.25, 0.3) is 11.1 Å². The zero-order chi connectivity index (χ0) is 28.1. The third-order valence-electron chi connectivity index (χ3n) is 8.53. The molecule has 0 saturated carbocycles. The monoisotopic (exact) mass is 576 g/mol. The molecule has 6 aromatic rings. The number of rotatable bonds is 8. The molecule has 0 bridgehead atoms. The summed E-state index contributed by atoms with van der Waals surface area (Å²) in [5, 5.41) is 5.84. The molecule has 204 valence electrons. The highest BCUT2D eigenvalue weighted by molar-refractivity contribution is 7.73. The average Bonchev–Trinajstić information content (AvgIpc) is 3.08. The minimum absolute atomic E-state index is 0.417. The number of fused-ring (bicyclic) bond motifs is 3. The Kier molecular flexibility index (Phi) is 8.10. The Morgan fingerprint density at radius 3 is 0.881 bits per heavy atom. The van der Waals surface area contributed by atoms with E-state index in [4.69, 9.17) is 0 Å². The quantitative estimate of drug-likeness (QED) is 0.159. The lowest BCUT2D eigenvalue weighted by atomic mass is 9.73. The van der Waals surface area contributed by atoms with Crippen LogP contribution in [0.4, 0.5) is 0 Å². The molecule has 0 radical (unpaired) electrons. The Balaban J connectivity index is 1.38. The van der Waals surface area contributed by atoms with Crippen LogP contribution in [0.15, 0.2) is 170 Å². The Labute approximate surface area is 252 Å². The van der Waals surface area contributed by atoms with Crippen LogP contribution >= 0.6 is 15.8 Å². The maximum atomic E-state index is 2.42. The van der Waals surface area contributed by atoms with Crippen molar-refractivity contribution in [1.29, 1.82) is 0 Å². The van der Waals surface area contributed by atoms with Crippen molar-refractivity contribution in [2.24, 2.45) is 0 Å². The van der Waals surface area contributed by atoms with Gasteiger partial charge in [0.15, 0.2) is 0 Å². The molecule has 2 atom stereocenters. The summed E-state index contributed by atoms with van der Waals surface area (Å²) in [7, 11) is -1.08. The van der Waals surface area contributed by atoms with Crippen molar-refractivity contribution in [1.82, 2.24) is 0 Å². The minimum Gasteiger partial charge on any atom is -0.0622 e. The molecule has 2 heteroatoms. The van der Waals surface area contributed by atoms with Crippen LogP contribution in [0.3, 0.4) is 0 Å². The molecular formula is C40H34P2. The highest BCUT2D eigenvalue weighted by atomic mass is 31.1. The third-order valence-corrected chi connectivity index (χ3v) is 13.7. The second kappa shape index (κ2) is 12.6. The summed E-state index contributed by atoms with van der Waals surface area (Å²) in [6.07, 6.45) is 2.26. The van der Waals surface area contributed by atoms with E-state index in [9.17, 15) is 0 Å². The molecule has 0 N–H and O–H groups in total. The van der Waals surface area contributed by atoms with Crippen molar-refractivity contribution in [3.8, 4) is 11.1 Å². The van der Waals surface area contributed by atoms with Crippen molar-refractivity contribution >= 4 is 37.1 Å². The largest absolute Gasteiger partial charge is 0.0622 e. The molecule has 1 aliphatic carbocycles. The van der Waals surface area contributed by atoms with Crippen LogP contribution in [0.2, 0.25) is 0 Å². The Bertz CT molecular complexity index is 1520. The first-order chi connectivity index (χ1) is 20.9. The fourth-order valence-electron chi connectivity index (χ4n) is 6.56. The average molecular weight is 577 g/mol. The van der Waals surface area contributed by atoms with Crippen molar-refractivity contribution < 1.29 is 0 Å². The van der Waals surface area contributed by atoms with E-state index in [-0.39, 0.29) is 0 Å². The summed E-state index contributed by atoms with van der Waals surface area (Å²) in [6, 6.07) is 63.4. The lowest BCUT2D eigenvalue weighted by Crippen LogP contribution is -2.28. The van der Waals surface area contributed by atoms with Crippen LogP contribution in [-0.2, 0) is 0 Å². The lowest BCUT2D eigenvalue weighted by Gasteiger charge is -2.39. The lowest BCUT2D eigenvalue weighted by molar-refractivity contribution is 0.629. The van der Waals surface area contributed by atoms with Crippen molar-refractivity contribution in [3.63, 3.8) is 0 Å². The molecule has 0 aromatic heterocycles. The first kappa shape index (κ1) is 27.0. The van der Waals surface area contributed by atoms with Gasteiger partial charge >= 0.3 is 0 Å². The van der Waals surface area contributed by atoms with E-state index in [1.165, 1.54) is 43.5 Å². The molecule has 6 aromatic carbocycles. The molecule has 7 rings (SSSR count). The van der Waals surface area contributed by atoms with Gasteiger partial charge in [0.2, 0.25) is 0 Å². The second-order valence-corrected chi connectivity index (χ2v) is 15.5. The van der Waals surface area contributed by atoms with Crippen molar-refractivity contribution in [2.45, 2.75) is 11.8 Å². The molecule has 0 fully saturated rings.